The Hall–Kier alpha value is -1.14. The van der Waals surface area contributed by atoms with E-state index < -0.39 is 5.97 Å². The van der Waals surface area contributed by atoms with Gasteiger partial charge in [-0.15, -0.1) is 0 Å². The Bertz CT molecular complexity index is 432. The summed E-state index contributed by atoms with van der Waals surface area (Å²) in [6, 6.07) is 1.45. The molecular formula is C12H14BrNO4. The number of carboxylic acid groups (broad SMARTS) is 1. The lowest BCUT2D eigenvalue weighted by Gasteiger charge is -2.22. The second-order valence-electron chi connectivity index (χ2n) is 4.18. The van der Waals surface area contributed by atoms with Gasteiger partial charge in [-0.1, -0.05) is 0 Å². The van der Waals surface area contributed by atoms with Crippen LogP contribution in [0.3, 0.4) is 0 Å². The molecule has 0 amide bonds. The van der Waals surface area contributed by atoms with Gasteiger partial charge in [-0.25, -0.2) is 9.78 Å². The van der Waals surface area contributed by atoms with Crippen LogP contribution in [0.4, 0.5) is 0 Å². The van der Waals surface area contributed by atoms with E-state index in [-0.39, 0.29) is 5.56 Å². The zero-order valence-electron chi connectivity index (χ0n) is 9.76. The number of hydrogen-bond acceptors (Lipinski definition) is 4. The fourth-order valence-corrected chi connectivity index (χ4v) is 2.15. The van der Waals surface area contributed by atoms with Gasteiger partial charge in [0.15, 0.2) is 5.75 Å². The lowest BCUT2D eigenvalue weighted by molar-refractivity contribution is 0.0489. The standard InChI is InChI=1S/C12H14BrNO4/c13-11-5-9(12(15)16)10(6-14-11)18-7-8-1-3-17-4-2-8/h5-6,8H,1-4,7H2,(H,15,16). The minimum absolute atomic E-state index is 0.129. The molecule has 0 spiro atoms. The average molecular weight is 316 g/mol. The van der Waals surface area contributed by atoms with Crippen LogP contribution in [-0.2, 0) is 4.74 Å². The molecule has 5 nitrogen and oxygen atoms in total. The molecule has 1 saturated heterocycles. The highest BCUT2D eigenvalue weighted by Gasteiger charge is 2.17. The lowest BCUT2D eigenvalue weighted by atomic mass is 10.0. The molecule has 0 radical (unpaired) electrons. The number of carbonyl (C=O) groups is 1. The summed E-state index contributed by atoms with van der Waals surface area (Å²) in [6.07, 6.45) is 3.34. The molecule has 6 heteroatoms. The Labute approximate surface area is 113 Å². The molecule has 0 saturated carbocycles. The van der Waals surface area contributed by atoms with Gasteiger partial charge in [0.1, 0.15) is 10.2 Å². The van der Waals surface area contributed by atoms with Gasteiger partial charge < -0.3 is 14.6 Å². The second kappa shape index (κ2) is 6.15. The van der Waals surface area contributed by atoms with E-state index in [1.165, 1.54) is 12.3 Å². The van der Waals surface area contributed by atoms with E-state index in [0.717, 1.165) is 26.1 Å². The van der Waals surface area contributed by atoms with E-state index in [4.69, 9.17) is 14.6 Å². The predicted octanol–water partition coefficient (Wildman–Crippen LogP) is 2.35. The first-order valence-corrected chi connectivity index (χ1v) is 6.55. The average Bonchev–Trinajstić information content (AvgIpc) is 2.38. The number of pyridine rings is 1. The van der Waals surface area contributed by atoms with Crippen LogP contribution >= 0.6 is 15.9 Å². The van der Waals surface area contributed by atoms with Gasteiger partial charge in [0, 0.05) is 13.2 Å². The summed E-state index contributed by atoms with van der Waals surface area (Å²) in [4.78, 5) is 15.1. The molecule has 2 heterocycles. The first-order valence-electron chi connectivity index (χ1n) is 5.76. The molecule has 1 aromatic rings. The van der Waals surface area contributed by atoms with E-state index in [2.05, 4.69) is 20.9 Å². The van der Waals surface area contributed by atoms with Crippen LogP contribution < -0.4 is 4.74 Å². The van der Waals surface area contributed by atoms with E-state index in [0.29, 0.717) is 22.9 Å². The molecule has 1 aliphatic heterocycles. The maximum atomic E-state index is 11.1. The maximum Gasteiger partial charge on any atom is 0.339 e. The summed E-state index contributed by atoms with van der Waals surface area (Å²) in [5, 5.41) is 9.08. The van der Waals surface area contributed by atoms with Crippen molar-refractivity contribution >= 4 is 21.9 Å². The van der Waals surface area contributed by atoms with Crippen molar-refractivity contribution in [2.75, 3.05) is 19.8 Å². The molecule has 1 fully saturated rings. The Balaban J connectivity index is 2.01. The SMILES string of the molecule is O=C(O)c1cc(Br)ncc1OCC1CCOCC1. The van der Waals surface area contributed by atoms with Crippen molar-refractivity contribution in [2.45, 2.75) is 12.8 Å². The summed E-state index contributed by atoms with van der Waals surface area (Å²) >= 11 is 3.15. The molecular weight excluding hydrogens is 302 g/mol. The number of aromatic nitrogens is 1. The van der Waals surface area contributed by atoms with Crippen LogP contribution in [0, 0.1) is 5.92 Å². The van der Waals surface area contributed by atoms with E-state index in [1.807, 2.05) is 0 Å². The van der Waals surface area contributed by atoms with Crippen LogP contribution in [0.5, 0.6) is 5.75 Å². The highest BCUT2D eigenvalue weighted by Crippen LogP contribution is 2.23. The molecule has 0 aromatic carbocycles. The molecule has 98 valence electrons. The smallest absolute Gasteiger partial charge is 0.339 e. The summed E-state index contributed by atoms with van der Waals surface area (Å²) in [6.45, 7) is 2.00. The van der Waals surface area contributed by atoms with Crippen molar-refractivity contribution in [1.29, 1.82) is 0 Å². The molecule has 2 rings (SSSR count). The van der Waals surface area contributed by atoms with Crippen LogP contribution in [0.2, 0.25) is 0 Å². The number of carboxylic acids is 1. The van der Waals surface area contributed by atoms with Gasteiger partial charge in [0.2, 0.25) is 0 Å². The molecule has 1 aromatic heterocycles. The largest absolute Gasteiger partial charge is 0.491 e. The third-order valence-corrected chi connectivity index (χ3v) is 3.31. The minimum Gasteiger partial charge on any atom is -0.491 e. The number of ether oxygens (including phenoxy) is 2. The number of rotatable bonds is 4. The van der Waals surface area contributed by atoms with Gasteiger partial charge in [0.25, 0.3) is 0 Å². The second-order valence-corrected chi connectivity index (χ2v) is 4.99. The Morgan fingerprint density at radius 2 is 2.28 bits per heavy atom. The van der Waals surface area contributed by atoms with Gasteiger partial charge in [-0.2, -0.15) is 0 Å². The molecule has 18 heavy (non-hydrogen) atoms. The Morgan fingerprint density at radius 3 is 2.94 bits per heavy atom. The molecule has 0 aliphatic carbocycles. The van der Waals surface area contributed by atoms with Crippen molar-refractivity contribution in [1.82, 2.24) is 4.98 Å². The zero-order valence-corrected chi connectivity index (χ0v) is 11.4. The minimum atomic E-state index is -1.01. The van der Waals surface area contributed by atoms with Crippen molar-refractivity contribution in [3.8, 4) is 5.75 Å². The van der Waals surface area contributed by atoms with Crippen LogP contribution in [-0.4, -0.2) is 35.9 Å². The van der Waals surface area contributed by atoms with Crippen molar-refractivity contribution < 1.29 is 19.4 Å². The van der Waals surface area contributed by atoms with Crippen molar-refractivity contribution in [2.24, 2.45) is 5.92 Å². The molecule has 1 aliphatic rings. The van der Waals surface area contributed by atoms with Crippen LogP contribution in [0.25, 0.3) is 0 Å². The van der Waals surface area contributed by atoms with E-state index in [1.54, 1.807) is 0 Å². The molecule has 1 N–H and O–H groups in total. The van der Waals surface area contributed by atoms with Gasteiger partial charge in [0.05, 0.1) is 12.8 Å². The highest BCUT2D eigenvalue weighted by atomic mass is 79.9. The molecule has 0 atom stereocenters. The van der Waals surface area contributed by atoms with E-state index in [9.17, 15) is 4.79 Å². The predicted molar refractivity (Wildman–Crippen MR) is 67.9 cm³/mol. The van der Waals surface area contributed by atoms with E-state index >= 15 is 0 Å². The number of halogens is 1. The van der Waals surface area contributed by atoms with Crippen LogP contribution in [0.1, 0.15) is 23.2 Å². The topological polar surface area (TPSA) is 68.7 Å². The first-order chi connectivity index (χ1) is 8.66. The lowest BCUT2D eigenvalue weighted by Crippen LogP contribution is -2.22. The summed E-state index contributed by atoms with van der Waals surface area (Å²) in [5.74, 6) is -0.277. The summed E-state index contributed by atoms with van der Waals surface area (Å²) in [5.41, 5.74) is 0.129. The zero-order chi connectivity index (χ0) is 13.0. The molecule has 0 bridgehead atoms. The highest BCUT2D eigenvalue weighted by molar-refractivity contribution is 9.10. The first kappa shape index (κ1) is 13.3. The summed E-state index contributed by atoms with van der Waals surface area (Å²) in [7, 11) is 0. The third-order valence-electron chi connectivity index (χ3n) is 2.88. The molecule has 0 unspecified atom stereocenters. The number of hydrogen-bond donors (Lipinski definition) is 1. The Kier molecular flexibility index (Phi) is 4.54. The van der Waals surface area contributed by atoms with Gasteiger partial charge in [-0.3, -0.25) is 0 Å². The maximum absolute atomic E-state index is 11.1. The monoisotopic (exact) mass is 315 g/mol. The van der Waals surface area contributed by atoms with Gasteiger partial charge >= 0.3 is 5.97 Å². The number of aromatic carboxylic acids is 1. The fraction of sp³-hybridized carbons (Fsp3) is 0.500. The van der Waals surface area contributed by atoms with Crippen molar-refractivity contribution in [3.05, 3.63) is 22.4 Å². The quantitative estimate of drug-likeness (QED) is 0.864. The normalized spacial score (nSPS) is 16.5. The van der Waals surface area contributed by atoms with Crippen molar-refractivity contribution in [3.63, 3.8) is 0 Å². The number of nitrogens with zero attached hydrogens (tertiary/aromatic N) is 1. The third kappa shape index (κ3) is 3.43. The van der Waals surface area contributed by atoms with Gasteiger partial charge in [-0.05, 0) is 40.8 Å². The van der Waals surface area contributed by atoms with Crippen LogP contribution in [0.15, 0.2) is 16.9 Å². The summed E-state index contributed by atoms with van der Waals surface area (Å²) < 4.78 is 11.3. The fourth-order valence-electron chi connectivity index (χ4n) is 1.82. The Morgan fingerprint density at radius 1 is 1.56 bits per heavy atom.